The van der Waals surface area contributed by atoms with Gasteiger partial charge >= 0.3 is 0 Å². The normalized spacial score (nSPS) is 9.94. The van der Waals surface area contributed by atoms with Crippen LogP contribution in [0, 0.1) is 11.3 Å². The van der Waals surface area contributed by atoms with Crippen molar-refractivity contribution < 1.29 is 4.74 Å². The predicted molar refractivity (Wildman–Crippen MR) is 68.4 cm³/mol. The summed E-state index contributed by atoms with van der Waals surface area (Å²) in [7, 11) is 1.62. The molecule has 0 unspecified atom stereocenters. The summed E-state index contributed by atoms with van der Waals surface area (Å²) in [5.41, 5.74) is 1.58. The molecular formula is C12H9ClN2OS. The van der Waals surface area contributed by atoms with E-state index in [0.29, 0.717) is 10.0 Å². The topological polar surface area (TPSA) is 45.9 Å². The molecule has 0 aliphatic carbocycles. The van der Waals surface area contributed by atoms with Crippen LogP contribution in [-0.2, 0) is 6.42 Å². The molecule has 3 nitrogen and oxygen atoms in total. The minimum atomic E-state index is 0.235. The molecule has 0 saturated carbocycles. The van der Waals surface area contributed by atoms with E-state index in [4.69, 9.17) is 21.6 Å². The standard InChI is InChI=1S/C12H9ClN2OS/c1-16-9-4-2-3-8(7-9)12-15-10(5-6-14)11(13)17-12/h2-4,7H,5H2,1H3. The van der Waals surface area contributed by atoms with E-state index < -0.39 is 0 Å². The molecule has 0 bridgehead atoms. The van der Waals surface area contributed by atoms with E-state index >= 15 is 0 Å². The van der Waals surface area contributed by atoms with Gasteiger partial charge in [-0.05, 0) is 12.1 Å². The Morgan fingerprint density at radius 1 is 1.53 bits per heavy atom. The number of rotatable bonds is 3. The van der Waals surface area contributed by atoms with Gasteiger partial charge in [-0.3, -0.25) is 0 Å². The average Bonchev–Trinajstić information content (AvgIpc) is 2.72. The van der Waals surface area contributed by atoms with Gasteiger partial charge < -0.3 is 4.74 Å². The van der Waals surface area contributed by atoms with Crippen LogP contribution in [0.2, 0.25) is 4.34 Å². The lowest BCUT2D eigenvalue weighted by Crippen LogP contribution is -1.85. The molecule has 0 radical (unpaired) electrons. The lowest BCUT2D eigenvalue weighted by Gasteiger charge is -2.00. The van der Waals surface area contributed by atoms with Crippen LogP contribution in [-0.4, -0.2) is 12.1 Å². The molecule has 1 aromatic heterocycles. The highest BCUT2D eigenvalue weighted by atomic mass is 35.5. The molecule has 0 N–H and O–H groups in total. The van der Waals surface area contributed by atoms with Gasteiger partial charge in [0.15, 0.2) is 0 Å². The van der Waals surface area contributed by atoms with Crippen molar-refractivity contribution in [1.82, 2.24) is 4.98 Å². The monoisotopic (exact) mass is 264 g/mol. The van der Waals surface area contributed by atoms with Crippen molar-refractivity contribution in [2.24, 2.45) is 0 Å². The molecule has 0 amide bonds. The molecule has 1 aromatic carbocycles. The van der Waals surface area contributed by atoms with E-state index in [0.717, 1.165) is 16.3 Å². The van der Waals surface area contributed by atoms with Crippen LogP contribution < -0.4 is 4.74 Å². The average molecular weight is 265 g/mol. The maximum Gasteiger partial charge on any atom is 0.125 e. The first-order valence-electron chi connectivity index (χ1n) is 4.91. The van der Waals surface area contributed by atoms with E-state index in [1.165, 1.54) is 11.3 Å². The van der Waals surface area contributed by atoms with Crippen LogP contribution in [0.1, 0.15) is 5.69 Å². The van der Waals surface area contributed by atoms with Gasteiger partial charge in [0.25, 0.3) is 0 Å². The quantitative estimate of drug-likeness (QED) is 0.852. The van der Waals surface area contributed by atoms with E-state index in [2.05, 4.69) is 4.98 Å². The largest absolute Gasteiger partial charge is 0.497 e. The van der Waals surface area contributed by atoms with Gasteiger partial charge in [0.1, 0.15) is 15.1 Å². The van der Waals surface area contributed by atoms with E-state index in [-0.39, 0.29) is 6.42 Å². The third kappa shape index (κ3) is 2.57. The Hall–Kier alpha value is -1.57. The van der Waals surface area contributed by atoms with Crippen molar-refractivity contribution in [3.63, 3.8) is 0 Å². The zero-order chi connectivity index (χ0) is 12.3. The number of aromatic nitrogens is 1. The molecule has 0 atom stereocenters. The first-order valence-corrected chi connectivity index (χ1v) is 6.10. The van der Waals surface area contributed by atoms with Crippen molar-refractivity contribution in [2.75, 3.05) is 7.11 Å². The summed E-state index contributed by atoms with van der Waals surface area (Å²) in [5.74, 6) is 0.774. The van der Waals surface area contributed by atoms with Crippen LogP contribution in [0.4, 0.5) is 0 Å². The van der Waals surface area contributed by atoms with Crippen molar-refractivity contribution >= 4 is 22.9 Å². The number of benzene rings is 1. The molecule has 0 saturated heterocycles. The highest BCUT2D eigenvalue weighted by Gasteiger charge is 2.10. The fourth-order valence-electron chi connectivity index (χ4n) is 1.40. The summed E-state index contributed by atoms with van der Waals surface area (Å²) < 4.78 is 5.73. The number of ether oxygens (including phenoxy) is 1. The van der Waals surface area contributed by atoms with Gasteiger partial charge in [-0.2, -0.15) is 5.26 Å². The Kier molecular flexibility index (Phi) is 3.62. The summed E-state index contributed by atoms with van der Waals surface area (Å²) in [5, 5.41) is 9.45. The number of hydrogen-bond donors (Lipinski definition) is 0. The van der Waals surface area contributed by atoms with Crippen LogP contribution in [0.25, 0.3) is 10.6 Å². The van der Waals surface area contributed by atoms with Crippen molar-refractivity contribution in [2.45, 2.75) is 6.42 Å². The first kappa shape index (κ1) is 11.9. The maximum atomic E-state index is 8.64. The minimum absolute atomic E-state index is 0.235. The Morgan fingerprint density at radius 3 is 3.06 bits per heavy atom. The van der Waals surface area contributed by atoms with Gasteiger partial charge in [-0.15, -0.1) is 11.3 Å². The number of nitrogens with zero attached hydrogens (tertiary/aromatic N) is 2. The Labute approximate surface area is 108 Å². The van der Waals surface area contributed by atoms with Crippen molar-refractivity contribution in [3.8, 4) is 22.4 Å². The van der Waals surface area contributed by atoms with Gasteiger partial charge in [-0.1, -0.05) is 23.7 Å². The Balaban J connectivity index is 2.39. The summed E-state index contributed by atoms with van der Waals surface area (Å²) in [6.45, 7) is 0. The van der Waals surface area contributed by atoms with Crippen LogP contribution >= 0.6 is 22.9 Å². The third-order valence-electron chi connectivity index (χ3n) is 2.21. The Morgan fingerprint density at radius 2 is 2.35 bits per heavy atom. The number of nitriles is 1. The zero-order valence-corrected chi connectivity index (χ0v) is 10.7. The maximum absolute atomic E-state index is 8.64. The lowest BCUT2D eigenvalue weighted by molar-refractivity contribution is 0.415. The molecule has 5 heteroatoms. The SMILES string of the molecule is COc1cccc(-c2nc(CC#N)c(Cl)s2)c1. The second-order valence-corrected chi connectivity index (χ2v) is 4.91. The third-order valence-corrected chi connectivity index (χ3v) is 3.60. The number of thiazole rings is 1. The Bertz CT molecular complexity index is 574. The predicted octanol–water partition coefficient (Wildman–Crippen LogP) is 3.54. The number of methoxy groups -OCH3 is 1. The molecule has 0 spiro atoms. The molecule has 2 rings (SSSR count). The van der Waals surface area contributed by atoms with Gasteiger partial charge in [0.05, 0.1) is 25.3 Å². The molecular weight excluding hydrogens is 256 g/mol. The van der Waals surface area contributed by atoms with Crippen molar-refractivity contribution in [3.05, 3.63) is 34.3 Å². The highest BCUT2D eigenvalue weighted by Crippen LogP contribution is 2.33. The molecule has 0 fully saturated rings. The molecule has 0 aliphatic rings. The first-order chi connectivity index (χ1) is 8.24. The van der Waals surface area contributed by atoms with Gasteiger partial charge in [-0.25, -0.2) is 4.98 Å². The van der Waals surface area contributed by atoms with Crippen LogP contribution in [0.3, 0.4) is 0 Å². The number of halogens is 1. The second-order valence-electron chi connectivity index (χ2n) is 3.31. The summed E-state index contributed by atoms with van der Waals surface area (Å²) in [6, 6.07) is 9.65. The van der Waals surface area contributed by atoms with Crippen molar-refractivity contribution in [1.29, 1.82) is 5.26 Å². The van der Waals surface area contributed by atoms with E-state index in [9.17, 15) is 0 Å². The van der Waals surface area contributed by atoms with E-state index in [1.807, 2.05) is 30.3 Å². The number of hydrogen-bond acceptors (Lipinski definition) is 4. The molecule has 86 valence electrons. The summed E-state index contributed by atoms with van der Waals surface area (Å²) >= 11 is 7.40. The lowest BCUT2D eigenvalue weighted by atomic mass is 10.2. The van der Waals surface area contributed by atoms with Crippen LogP contribution in [0.5, 0.6) is 5.75 Å². The van der Waals surface area contributed by atoms with E-state index in [1.54, 1.807) is 7.11 Å². The molecule has 17 heavy (non-hydrogen) atoms. The smallest absolute Gasteiger partial charge is 0.125 e. The molecule has 2 aromatic rings. The second kappa shape index (κ2) is 5.17. The summed E-state index contributed by atoms with van der Waals surface area (Å²) in [4.78, 5) is 4.35. The molecule has 1 heterocycles. The minimum Gasteiger partial charge on any atom is -0.497 e. The summed E-state index contributed by atoms with van der Waals surface area (Å²) in [6.07, 6.45) is 0.235. The van der Waals surface area contributed by atoms with Gasteiger partial charge in [0.2, 0.25) is 0 Å². The highest BCUT2D eigenvalue weighted by molar-refractivity contribution is 7.19. The van der Waals surface area contributed by atoms with Gasteiger partial charge in [0, 0.05) is 5.56 Å². The zero-order valence-electron chi connectivity index (χ0n) is 9.11. The van der Waals surface area contributed by atoms with Crippen LogP contribution in [0.15, 0.2) is 24.3 Å². The fourth-order valence-corrected chi connectivity index (χ4v) is 2.53. The fraction of sp³-hybridized carbons (Fsp3) is 0.167. The molecule has 0 aliphatic heterocycles.